The van der Waals surface area contributed by atoms with Crippen LogP contribution >= 0.6 is 0 Å². The summed E-state index contributed by atoms with van der Waals surface area (Å²) in [4.78, 5) is 14.3. The molecule has 2 amide bonds. The molecule has 1 heterocycles. The fraction of sp³-hybridized carbons (Fsp3) is 0.750. The topological polar surface area (TPSA) is 82.4 Å². The van der Waals surface area contributed by atoms with Crippen LogP contribution in [0.25, 0.3) is 0 Å². The number of rotatable bonds is 6. The molecule has 3 atom stereocenters. The van der Waals surface area contributed by atoms with Crippen LogP contribution in [-0.4, -0.2) is 59.1 Å². The monoisotopic (exact) mass is 323 g/mol. The predicted octanol–water partition coefficient (Wildman–Crippen LogP) is 0.873. The number of likely N-dealkylation sites (N-methyl/N-ethyl adjacent to an activating group) is 1. The third kappa shape index (κ3) is 4.94. The molecule has 3 unspecified atom stereocenters. The minimum absolute atomic E-state index is 0.0740. The summed E-state index contributed by atoms with van der Waals surface area (Å²) in [6.07, 6.45) is 7.96. The number of aliphatic hydroxyl groups excluding tert-OH is 1. The van der Waals surface area contributed by atoms with Crippen molar-refractivity contribution in [3.8, 4) is 0 Å². The zero-order chi connectivity index (χ0) is 16.8. The summed E-state index contributed by atoms with van der Waals surface area (Å²) in [7, 11) is 5.86. The number of hydrogen-bond acceptors (Lipinski definition) is 4. The second kappa shape index (κ2) is 8.31. The number of nitrogens with one attached hydrogen (secondary N) is 2. The molecule has 0 aromatic carbocycles. The summed E-state index contributed by atoms with van der Waals surface area (Å²) in [5, 5.41) is 19.6. The molecule has 0 radical (unpaired) electrons. The highest BCUT2D eigenvalue weighted by Crippen LogP contribution is 2.24. The summed E-state index contributed by atoms with van der Waals surface area (Å²) >= 11 is 0. The number of amides is 2. The second-order valence-electron chi connectivity index (χ2n) is 6.61. The normalized spacial score (nSPS) is 22.8. The molecule has 1 fully saturated rings. The van der Waals surface area contributed by atoms with Crippen LogP contribution in [0.2, 0.25) is 0 Å². The van der Waals surface area contributed by atoms with Gasteiger partial charge in [-0.1, -0.05) is 12.8 Å². The van der Waals surface area contributed by atoms with E-state index < -0.39 is 0 Å². The van der Waals surface area contributed by atoms with Gasteiger partial charge in [-0.15, -0.1) is 0 Å². The number of carbonyl (C=O) groups excluding carboxylic acids is 1. The Hall–Kier alpha value is -1.60. The Kier molecular flexibility index (Phi) is 6.41. The van der Waals surface area contributed by atoms with Crippen molar-refractivity contribution in [2.45, 2.75) is 37.8 Å². The third-order valence-corrected chi connectivity index (χ3v) is 4.65. The second-order valence-corrected chi connectivity index (χ2v) is 6.61. The van der Waals surface area contributed by atoms with Gasteiger partial charge < -0.3 is 20.6 Å². The van der Waals surface area contributed by atoms with Crippen molar-refractivity contribution in [3.63, 3.8) is 0 Å². The van der Waals surface area contributed by atoms with Crippen LogP contribution in [0.5, 0.6) is 0 Å². The van der Waals surface area contributed by atoms with Gasteiger partial charge in [0.2, 0.25) is 0 Å². The molecule has 130 valence electrons. The molecule has 3 N–H and O–H groups in total. The maximum atomic E-state index is 12.2. The molecule has 0 aliphatic heterocycles. The van der Waals surface area contributed by atoms with Crippen molar-refractivity contribution in [2.24, 2.45) is 13.0 Å². The van der Waals surface area contributed by atoms with E-state index in [1.807, 2.05) is 33.5 Å². The van der Waals surface area contributed by atoms with E-state index in [0.29, 0.717) is 6.54 Å². The van der Waals surface area contributed by atoms with Crippen molar-refractivity contribution in [2.75, 3.05) is 27.2 Å². The third-order valence-electron chi connectivity index (χ3n) is 4.65. The SMILES string of the molecule is CN(C)C(CNC(=O)NC1CCCCC1CO)c1cnn(C)c1. The largest absolute Gasteiger partial charge is 0.396 e. The molecule has 1 saturated carbocycles. The van der Waals surface area contributed by atoms with Crippen LogP contribution in [0.1, 0.15) is 37.3 Å². The summed E-state index contributed by atoms with van der Waals surface area (Å²) < 4.78 is 1.76. The first-order chi connectivity index (χ1) is 11.0. The Morgan fingerprint density at radius 1 is 1.48 bits per heavy atom. The van der Waals surface area contributed by atoms with E-state index in [1.54, 1.807) is 4.68 Å². The van der Waals surface area contributed by atoms with Crippen molar-refractivity contribution >= 4 is 6.03 Å². The van der Waals surface area contributed by atoms with Gasteiger partial charge in [-0.3, -0.25) is 4.68 Å². The van der Waals surface area contributed by atoms with Crippen molar-refractivity contribution in [3.05, 3.63) is 18.0 Å². The zero-order valence-electron chi connectivity index (χ0n) is 14.3. The molecule has 0 spiro atoms. The highest BCUT2D eigenvalue weighted by Gasteiger charge is 2.26. The first kappa shape index (κ1) is 17.7. The Morgan fingerprint density at radius 2 is 2.22 bits per heavy atom. The van der Waals surface area contributed by atoms with Gasteiger partial charge in [0.25, 0.3) is 0 Å². The quantitative estimate of drug-likeness (QED) is 0.725. The summed E-state index contributed by atoms with van der Waals surface area (Å²) in [6, 6.07) is -0.00881. The maximum Gasteiger partial charge on any atom is 0.315 e. The Balaban J connectivity index is 1.86. The average molecular weight is 323 g/mol. The van der Waals surface area contributed by atoms with E-state index in [4.69, 9.17) is 0 Å². The van der Waals surface area contributed by atoms with Crippen LogP contribution in [-0.2, 0) is 7.05 Å². The van der Waals surface area contributed by atoms with Crippen molar-refractivity contribution in [1.29, 1.82) is 0 Å². The van der Waals surface area contributed by atoms with Gasteiger partial charge >= 0.3 is 6.03 Å². The highest BCUT2D eigenvalue weighted by molar-refractivity contribution is 5.74. The van der Waals surface area contributed by atoms with E-state index in [1.165, 1.54) is 0 Å². The van der Waals surface area contributed by atoms with Crippen LogP contribution in [0.3, 0.4) is 0 Å². The van der Waals surface area contributed by atoms with Gasteiger partial charge in [0.15, 0.2) is 0 Å². The molecule has 1 aliphatic rings. The summed E-state index contributed by atoms with van der Waals surface area (Å²) in [6.45, 7) is 0.655. The molecular formula is C16H29N5O2. The number of urea groups is 1. The summed E-state index contributed by atoms with van der Waals surface area (Å²) in [5.41, 5.74) is 1.07. The molecule has 1 aliphatic carbocycles. The lowest BCUT2D eigenvalue weighted by Crippen LogP contribution is -2.49. The fourth-order valence-electron chi connectivity index (χ4n) is 3.24. The number of aryl methyl sites for hydroxylation is 1. The van der Waals surface area contributed by atoms with Gasteiger partial charge in [0, 0.05) is 43.9 Å². The number of aliphatic hydroxyl groups is 1. The van der Waals surface area contributed by atoms with E-state index in [2.05, 4.69) is 20.6 Å². The first-order valence-corrected chi connectivity index (χ1v) is 8.31. The number of nitrogens with zero attached hydrogens (tertiary/aromatic N) is 3. The lowest BCUT2D eigenvalue weighted by atomic mass is 9.85. The van der Waals surface area contributed by atoms with Crippen molar-refractivity contribution < 1.29 is 9.90 Å². The Labute approximate surface area is 138 Å². The van der Waals surface area contributed by atoms with Gasteiger partial charge in [-0.05, 0) is 26.9 Å². The van der Waals surface area contributed by atoms with E-state index in [0.717, 1.165) is 31.2 Å². The predicted molar refractivity (Wildman–Crippen MR) is 89.0 cm³/mol. The maximum absolute atomic E-state index is 12.2. The Bertz CT molecular complexity index is 502. The first-order valence-electron chi connectivity index (χ1n) is 8.31. The fourth-order valence-corrected chi connectivity index (χ4v) is 3.24. The molecule has 2 rings (SSSR count). The minimum atomic E-state index is -0.161. The van der Waals surface area contributed by atoms with E-state index in [9.17, 15) is 9.90 Å². The molecule has 7 heteroatoms. The molecular weight excluding hydrogens is 294 g/mol. The molecule has 0 bridgehead atoms. The number of hydrogen-bond donors (Lipinski definition) is 3. The lowest BCUT2D eigenvalue weighted by Gasteiger charge is -2.31. The van der Waals surface area contributed by atoms with Crippen LogP contribution < -0.4 is 10.6 Å². The van der Waals surface area contributed by atoms with E-state index >= 15 is 0 Å². The molecule has 1 aromatic rings. The number of aromatic nitrogens is 2. The molecule has 23 heavy (non-hydrogen) atoms. The van der Waals surface area contributed by atoms with Gasteiger partial charge in [0.1, 0.15) is 0 Å². The molecule has 1 aromatic heterocycles. The minimum Gasteiger partial charge on any atom is -0.396 e. The molecule has 7 nitrogen and oxygen atoms in total. The lowest BCUT2D eigenvalue weighted by molar-refractivity contribution is 0.153. The van der Waals surface area contributed by atoms with Gasteiger partial charge in [-0.25, -0.2) is 4.79 Å². The Morgan fingerprint density at radius 3 is 2.83 bits per heavy atom. The van der Waals surface area contributed by atoms with Gasteiger partial charge in [0.05, 0.1) is 12.2 Å². The number of carbonyl (C=O) groups is 1. The van der Waals surface area contributed by atoms with E-state index in [-0.39, 0.29) is 30.6 Å². The smallest absolute Gasteiger partial charge is 0.315 e. The molecule has 0 saturated heterocycles. The average Bonchev–Trinajstić information content (AvgIpc) is 2.94. The highest BCUT2D eigenvalue weighted by atomic mass is 16.3. The zero-order valence-corrected chi connectivity index (χ0v) is 14.3. The standard InChI is InChI=1S/C16H29N5O2/c1-20(2)15(13-8-18-21(3)10-13)9-17-16(23)19-14-7-5-4-6-12(14)11-22/h8,10,12,14-15,22H,4-7,9,11H2,1-3H3,(H2,17,19,23). The van der Waals surface area contributed by atoms with Crippen molar-refractivity contribution in [1.82, 2.24) is 25.3 Å². The summed E-state index contributed by atoms with van der Waals surface area (Å²) in [5.74, 6) is 0.178. The van der Waals surface area contributed by atoms with Gasteiger partial charge in [-0.2, -0.15) is 5.10 Å². The van der Waals surface area contributed by atoms with Crippen LogP contribution in [0.15, 0.2) is 12.4 Å². The van der Waals surface area contributed by atoms with Crippen LogP contribution in [0, 0.1) is 5.92 Å². The van der Waals surface area contributed by atoms with Crippen LogP contribution in [0.4, 0.5) is 4.79 Å².